The Hall–Kier alpha value is -1.31. The molecule has 1 amide bonds. The van der Waals surface area contributed by atoms with Gasteiger partial charge in [0.2, 0.25) is 5.91 Å². The zero-order valence-corrected chi connectivity index (χ0v) is 7.98. The van der Waals surface area contributed by atoms with Crippen LogP contribution in [0, 0.1) is 6.92 Å². The van der Waals surface area contributed by atoms with E-state index in [1.807, 2.05) is 0 Å². The predicted octanol–water partition coefficient (Wildman–Crippen LogP) is 2.05. The van der Waals surface area contributed by atoms with Gasteiger partial charge in [-0.05, 0) is 36.1 Å². The Kier molecular flexibility index (Phi) is 1.83. The third-order valence-corrected chi connectivity index (χ3v) is 2.57. The molecule has 2 rings (SSSR count). The van der Waals surface area contributed by atoms with Crippen molar-refractivity contribution in [2.24, 2.45) is 0 Å². The molecule has 0 radical (unpaired) electrons. The van der Waals surface area contributed by atoms with Crippen molar-refractivity contribution in [3.63, 3.8) is 0 Å². The molecule has 1 aliphatic heterocycles. The molecule has 13 heavy (non-hydrogen) atoms. The van der Waals surface area contributed by atoms with Crippen LogP contribution in [0.2, 0.25) is 0 Å². The number of nitrogens with one attached hydrogen (secondary N) is 1. The van der Waals surface area contributed by atoms with Gasteiger partial charge in [0.05, 0.1) is 6.42 Å². The third-order valence-electron chi connectivity index (χ3n) is 2.57. The molecule has 1 heterocycles. The topological polar surface area (TPSA) is 29.1 Å². The summed E-state index contributed by atoms with van der Waals surface area (Å²) in [5.41, 5.74) is 4.76. The number of anilines is 1. The number of rotatable bonds is 1. The molecule has 0 saturated carbocycles. The van der Waals surface area contributed by atoms with E-state index in [9.17, 15) is 4.79 Å². The lowest BCUT2D eigenvalue weighted by atomic mass is 10.0. The molecular formula is C11H13NO. The fourth-order valence-electron chi connectivity index (χ4n) is 1.82. The van der Waals surface area contributed by atoms with Crippen LogP contribution in [0.1, 0.15) is 23.6 Å². The maximum absolute atomic E-state index is 11.1. The highest BCUT2D eigenvalue weighted by Crippen LogP contribution is 2.26. The first-order valence-corrected chi connectivity index (χ1v) is 4.63. The van der Waals surface area contributed by atoms with E-state index in [0.717, 1.165) is 17.7 Å². The van der Waals surface area contributed by atoms with Gasteiger partial charge in [-0.1, -0.05) is 13.0 Å². The van der Waals surface area contributed by atoms with Crippen molar-refractivity contribution in [1.29, 1.82) is 0 Å². The van der Waals surface area contributed by atoms with Crippen molar-refractivity contribution >= 4 is 11.6 Å². The quantitative estimate of drug-likeness (QED) is 0.695. The number of benzene rings is 1. The smallest absolute Gasteiger partial charge is 0.228 e. The summed E-state index contributed by atoms with van der Waals surface area (Å²) in [5, 5.41) is 2.86. The van der Waals surface area contributed by atoms with Gasteiger partial charge in [0.15, 0.2) is 0 Å². The van der Waals surface area contributed by atoms with Crippen molar-refractivity contribution in [3.8, 4) is 0 Å². The molecule has 0 saturated heterocycles. The lowest BCUT2D eigenvalue weighted by Crippen LogP contribution is -2.03. The monoisotopic (exact) mass is 175 g/mol. The average molecular weight is 175 g/mol. The predicted molar refractivity (Wildman–Crippen MR) is 52.9 cm³/mol. The molecule has 2 nitrogen and oxygen atoms in total. The summed E-state index contributed by atoms with van der Waals surface area (Å²) < 4.78 is 0. The van der Waals surface area contributed by atoms with Crippen LogP contribution < -0.4 is 5.32 Å². The van der Waals surface area contributed by atoms with Gasteiger partial charge in [-0.15, -0.1) is 0 Å². The lowest BCUT2D eigenvalue weighted by Gasteiger charge is -2.06. The van der Waals surface area contributed by atoms with E-state index >= 15 is 0 Å². The summed E-state index contributed by atoms with van der Waals surface area (Å²) in [7, 11) is 0. The molecule has 0 aromatic heterocycles. The normalized spacial score (nSPS) is 14.2. The molecule has 0 atom stereocenters. The van der Waals surface area contributed by atoms with Gasteiger partial charge in [-0.2, -0.15) is 0 Å². The Bertz CT molecular complexity index is 369. The van der Waals surface area contributed by atoms with E-state index in [-0.39, 0.29) is 5.91 Å². The number of hydrogen-bond donors (Lipinski definition) is 1. The minimum absolute atomic E-state index is 0.114. The van der Waals surface area contributed by atoms with Crippen LogP contribution in [0.5, 0.6) is 0 Å². The highest BCUT2D eigenvalue weighted by atomic mass is 16.1. The van der Waals surface area contributed by atoms with Gasteiger partial charge < -0.3 is 5.32 Å². The molecular weight excluding hydrogens is 162 g/mol. The van der Waals surface area contributed by atoms with E-state index in [2.05, 4.69) is 31.3 Å². The number of carbonyl (C=O) groups is 1. The van der Waals surface area contributed by atoms with Crippen LogP contribution in [0.3, 0.4) is 0 Å². The van der Waals surface area contributed by atoms with Crippen molar-refractivity contribution in [3.05, 3.63) is 28.8 Å². The molecule has 0 spiro atoms. The minimum Gasteiger partial charge on any atom is -0.326 e. The second-order valence-corrected chi connectivity index (χ2v) is 3.51. The first-order chi connectivity index (χ1) is 6.20. The first kappa shape index (κ1) is 8.30. The lowest BCUT2D eigenvalue weighted by molar-refractivity contribution is -0.115. The van der Waals surface area contributed by atoms with Crippen LogP contribution in [0.25, 0.3) is 0 Å². The fraction of sp³-hybridized carbons (Fsp3) is 0.364. The Morgan fingerprint density at radius 3 is 2.92 bits per heavy atom. The maximum Gasteiger partial charge on any atom is 0.228 e. The zero-order valence-electron chi connectivity index (χ0n) is 7.98. The summed E-state index contributed by atoms with van der Waals surface area (Å²) >= 11 is 0. The number of hydrogen-bond acceptors (Lipinski definition) is 1. The maximum atomic E-state index is 11.1. The van der Waals surface area contributed by atoms with E-state index in [1.165, 1.54) is 11.1 Å². The van der Waals surface area contributed by atoms with E-state index in [4.69, 9.17) is 0 Å². The molecule has 1 aromatic carbocycles. The fourth-order valence-corrected chi connectivity index (χ4v) is 1.82. The second-order valence-electron chi connectivity index (χ2n) is 3.51. The van der Waals surface area contributed by atoms with Crippen LogP contribution in [-0.2, 0) is 17.6 Å². The second kappa shape index (κ2) is 2.87. The summed E-state index contributed by atoms with van der Waals surface area (Å²) in [6.07, 6.45) is 1.56. The SMILES string of the molecule is CCc1cc2c(cc1C)CC(=O)N2. The van der Waals surface area contributed by atoms with Gasteiger partial charge in [0.25, 0.3) is 0 Å². The zero-order chi connectivity index (χ0) is 9.42. The van der Waals surface area contributed by atoms with Crippen LogP contribution in [0.15, 0.2) is 12.1 Å². The number of amides is 1. The minimum atomic E-state index is 0.114. The standard InChI is InChI=1S/C11H13NO/c1-3-8-5-10-9(4-7(8)2)6-11(13)12-10/h4-5H,3,6H2,1-2H3,(H,12,13). The van der Waals surface area contributed by atoms with Crippen molar-refractivity contribution in [2.45, 2.75) is 26.7 Å². The molecule has 0 bridgehead atoms. The number of fused-ring (bicyclic) bond motifs is 1. The first-order valence-electron chi connectivity index (χ1n) is 4.63. The molecule has 1 aliphatic rings. The number of carbonyl (C=O) groups excluding carboxylic acids is 1. The van der Waals surface area contributed by atoms with Gasteiger partial charge in [-0.3, -0.25) is 4.79 Å². The van der Waals surface area contributed by atoms with Crippen LogP contribution in [0.4, 0.5) is 5.69 Å². The highest BCUT2D eigenvalue weighted by Gasteiger charge is 2.18. The van der Waals surface area contributed by atoms with Gasteiger partial charge in [-0.25, -0.2) is 0 Å². The third kappa shape index (κ3) is 1.32. The van der Waals surface area contributed by atoms with Crippen LogP contribution >= 0.6 is 0 Å². The van der Waals surface area contributed by atoms with Crippen molar-refractivity contribution in [1.82, 2.24) is 0 Å². The summed E-state index contributed by atoms with van der Waals surface area (Å²) in [4.78, 5) is 11.1. The van der Waals surface area contributed by atoms with Gasteiger partial charge >= 0.3 is 0 Å². The van der Waals surface area contributed by atoms with Crippen LogP contribution in [-0.4, -0.2) is 5.91 Å². The molecule has 2 heteroatoms. The Balaban J connectivity index is 2.50. The Labute approximate surface area is 78.0 Å². The average Bonchev–Trinajstić information content (AvgIpc) is 2.42. The molecule has 0 unspecified atom stereocenters. The Morgan fingerprint density at radius 2 is 2.23 bits per heavy atom. The number of aryl methyl sites for hydroxylation is 2. The summed E-state index contributed by atoms with van der Waals surface area (Å²) in [6, 6.07) is 4.21. The largest absolute Gasteiger partial charge is 0.326 e. The van der Waals surface area contributed by atoms with E-state index < -0.39 is 0 Å². The Morgan fingerprint density at radius 1 is 1.46 bits per heavy atom. The van der Waals surface area contributed by atoms with Gasteiger partial charge in [0, 0.05) is 5.69 Å². The van der Waals surface area contributed by atoms with E-state index in [1.54, 1.807) is 0 Å². The summed E-state index contributed by atoms with van der Waals surface area (Å²) in [6.45, 7) is 4.23. The molecule has 0 aliphatic carbocycles. The van der Waals surface area contributed by atoms with Crippen molar-refractivity contribution in [2.75, 3.05) is 5.32 Å². The molecule has 68 valence electrons. The highest BCUT2D eigenvalue weighted by molar-refractivity contribution is 5.99. The van der Waals surface area contributed by atoms with Gasteiger partial charge in [0.1, 0.15) is 0 Å². The molecule has 0 fully saturated rings. The molecule has 1 N–H and O–H groups in total. The van der Waals surface area contributed by atoms with Crippen molar-refractivity contribution < 1.29 is 4.79 Å². The molecule has 1 aromatic rings. The summed E-state index contributed by atoms with van der Waals surface area (Å²) in [5.74, 6) is 0.114. The van der Waals surface area contributed by atoms with E-state index in [0.29, 0.717) is 6.42 Å².